The summed E-state index contributed by atoms with van der Waals surface area (Å²) in [6, 6.07) is 10.9. The molecule has 18 heavy (non-hydrogen) atoms. The summed E-state index contributed by atoms with van der Waals surface area (Å²) in [4.78, 5) is 0. The van der Waals surface area contributed by atoms with Gasteiger partial charge in [-0.3, -0.25) is 0 Å². The number of anilines is 2. The summed E-state index contributed by atoms with van der Waals surface area (Å²) in [5, 5.41) is 7.61. The Morgan fingerprint density at radius 1 is 0.944 bits per heavy atom. The van der Waals surface area contributed by atoms with Crippen LogP contribution >= 0.6 is 11.3 Å². The van der Waals surface area contributed by atoms with E-state index in [-0.39, 0.29) is 0 Å². The maximum atomic E-state index is 3.40. The van der Waals surface area contributed by atoms with Crippen molar-refractivity contribution in [3.63, 3.8) is 0 Å². The van der Waals surface area contributed by atoms with Gasteiger partial charge < -0.3 is 5.32 Å². The number of thiophene rings is 1. The molecule has 2 aromatic rings. The van der Waals surface area contributed by atoms with Gasteiger partial charge in [-0.25, -0.2) is 0 Å². The Balaban J connectivity index is 1.82. The first-order valence-corrected chi connectivity index (χ1v) is 7.71. The summed E-state index contributed by atoms with van der Waals surface area (Å²) in [6.45, 7) is 2.25. The van der Waals surface area contributed by atoms with E-state index in [0.29, 0.717) is 0 Å². The van der Waals surface area contributed by atoms with E-state index in [1.54, 1.807) is 11.3 Å². The Labute approximate surface area is 114 Å². The molecule has 1 N–H and O–H groups in total. The van der Waals surface area contributed by atoms with E-state index in [9.17, 15) is 0 Å². The topological polar surface area (TPSA) is 12.0 Å². The molecule has 0 fully saturated rings. The number of aryl methyl sites for hydroxylation is 1. The Morgan fingerprint density at radius 3 is 2.44 bits per heavy atom. The fourth-order valence-corrected chi connectivity index (χ4v) is 2.60. The third-order valence-corrected chi connectivity index (χ3v) is 3.77. The molecule has 0 aliphatic carbocycles. The third kappa shape index (κ3) is 4.19. The zero-order chi connectivity index (χ0) is 12.6. The molecule has 0 atom stereocenters. The van der Waals surface area contributed by atoms with E-state index in [1.165, 1.54) is 49.0 Å². The van der Waals surface area contributed by atoms with Crippen molar-refractivity contribution in [2.24, 2.45) is 0 Å². The average molecular weight is 259 g/mol. The van der Waals surface area contributed by atoms with Crippen LogP contribution < -0.4 is 5.32 Å². The predicted octanol–water partition coefficient (Wildman–Crippen LogP) is 5.61. The van der Waals surface area contributed by atoms with Gasteiger partial charge in [0.05, 0.1) is 0 Å². The van der Waals surface area contributed by atoms with Crippen molar-refractivity contribution in [1.82, 2.24) is 0 Å². The van der Waals surface area contributed by atoms with Crippen LogP contribution in [-0.4, -0.2) is 0 Å². The molecule has 1 nitrogen and oxygen atoms in total. The molecule has 0 saturated carbocycles. The van der Waals surface area contributed by atoms with Gasteiger partial charge in [-0.2, -0.15) is 11.3 Å². The van der Waals surface area contributed by atoms with Gasteiger partial charge in [0.2, 0.25) is 0 Å². The highest BCUT2D eigenvalue weighted by atomic mass is 32.1. The number of nitrogens with one attached hydrogen (secondary N) is 1. The van der Waals surface area contributed by atoms with Crippen LogP contribution in [0.2, 0.25) is 0 Å². The first kappa shape index (κ1) is 13.2. The van der Waals surface area contributed by atoms with E-state index in [4.69, 9.17) is 0 Å². The predicted molar refractivity (Wildman–Crippen MR) is 81.9 cm³/mol. The number of hydrogen-bond donors (Lipinski definition) is 1. The Hall–Kier alpha value is -1.28. The van der Waals surface area contributed by atoms with Gasteiger partial charge in [0.15, 0.2) is 0 Å². The summed E-state index contributed by atoms with van der Waals surface area (Å²) in [6.07, 6.45) is 6.54. The maximum Gasteiger partial charge on any atom is 0.0492 e. The monoisotopic (exact) mass is 259 g/mol. The normalized spacial score (nSPS) is 10.5. The van der Waals surface area contributed by atoms with Crippen molar-refractivity contribution < 1.29 is 0 Å². The summed E-state index contributed by atoms with van der Waals surface area (Å²) < 4.78 is 0. The Bertz CT molecular complexity index is 431. The Morgan fingerprint density at radius 2 is 1.78 bits per heavy atom. The summed E-state index contributed by atoms with van der Waals surface area (Å²) in [5.41, 5.74) is 3.79. The molecule has 0 saturated heterocycles. The van der Waals surface area contributed by atoms with Crippen LogP contribution in [0.4, 0.5) is 11.4 Å². The minimum Gasteiger partial charge on any atom is -0.355 e. The molecule has 1 heterocycles. The van der Waals surface area contributed by atoms with Crippen LogP contribution in [0.15, 0.2) is 41.1 Å². The van der Waals surface area contributed by atoms with Gasteiger partial charge in [0.25, 0.3) is 0 Å². The van der Waals surface area contributed by atoms with Crippen LogP contribution in [0, 0.1) is 0 Å². The van der Waals surface area contributed by atoms with E-state index in [2.05, 4.69) is 53.3 Å². The lowest BCUT2D eigenvalue weighted by molar-refractivity contribution is 0.667. The van der Waals surface area contributed by atoms with Gasteiger partial charge in [-0.15, -0.1) is 0 Å². The first-order valence-electron chi connectivity index (χ1n) is 6.76. The molecule has 0 aliphatic heterocycles. The minimum atomic E-state index is 1.17. The van der Waals surface area contributed by atoms with E-state index >= 15 is 0 Å². The molecule has 0 radical (unpaired) electrons. The molecule has 0 bridgehead atoms. The number of hydrogen-bond acceptors (Lipinski definition) is 2. The summed E-state index contributed by atoms with van der Waals surface area (Å²) >= 11 is 1.72. The van der Waals surface area contributed by atoms with Crippen LogP contribution in [0.1, 0.15) is 38.2 Å². The van der Waals surface area contributed by atoms with Crippen molar-refractivity contribution in [3.8, 4) is 0 Å². The summed E-state index contributed by atoms with van der Waals surface area (Å²) in [5.74, 6) is 0. The van der Waals surface area contributed by atoms with Gasteiger partial charge in [-0.1, -0.05) is 38.3 Å². The molecule has 0 spiro atoms. The van der Waals surface area contributed by atoms with Crippen molar-refractivity contribution in [3.05, 3.63) is 46.7 Å². The molecule has 0 amide bonds. The SMILES string of the molecule is CCCCCCc1ccc(Nc2ccsc2)cc1. The van der Waals surface area contributed by atoms with Gasteiger partial charge >= 0.3 is 0 Å². The average Bonchev–Trinajstić information content (AvgIpc) is 2.89. The maximum absolute atomic E-state index is 3.40. The third-order valence-electron chi connectivity index (χ3n) is 3.08. The molecule has 0 unspecified atom stereocenters. The van der Waals surface area contributed by atoms with Crippen LogP contribution in [0.3, 0.4) is 0 Å². The molecule has 1 aromatic carbocycles. The lowest BCUT2D eigenvalue weighted by Gasteiger charge is -2.06. The van der Waals surface area contributed by atoms with Gasteiger partial charge in [0.1, 0.15) is 0 Å². The van der Waals surface area contributed by atoms with Crippen molar-refractivity contribution in [1.29, 1.82) is 0 Å². The minimum absolute atomic E-state index is 1.17. The first-order chi connectivity index (χ1) is 8.88. The molecular weight excluding hydrogens is 238 g/mol. The lowest BCUT2D eigenvalue weighted by Crippen LogP contribution is -1.90. The van der Waals surface area contributed by atoms with E-state index in [1.807, 2.05) is 0 Å². The largest absolute Gasteiger partial charge is 0.355 e. The van der Waals surface area contributed by atoms with Gasteiger partial charge in [0, 0.05) is 16.8 Å². The van der Waals surface area contributed by atoms with E-state index < -0.39 is 0 Å². The number of benzene rings is 1. The smallest absolute Gasteiger partial charge is 0.0492 e. The van der Waals surface area contributed by atoms with Crippen molar-refractivity contribution in [2.45, 2.75) is 39.0 Å². The Kier molecular flexibility index (Phi) is 5.28. The number of rotatable bonds is 7. The van der Waals surface area contributed by atoms with Gasteiger partial charge in [-0.05, 0) is 42.0 Å². The highest BCUT2D eigenvalue weighted by Crippen LogP contribution is 2.20. The quantitative estimate of drug-likeness (QED) is 0.637. The summed E-state index contributed by atoms with van der Waals surface area (Å²) in [7, 11) is 0. The standard InChI is InChI=1S/C16H21NS/c1-2-3-4-5-6-14-7-9-15(10-8-14)17-16-11-12-18-13-16/h7-13,17H,2-6H2,1H3. The highest BCUT2D eigenvalue weighted by molar-refractivity contribution is 7.08. The van der Waals surface area contributed by atoms with E-state index in [0.717, 1.165) is 0 Å². The van der Waals surface area contributed by atoms with Crippen molar-refractivity contribution in [2.75, 3.05) is 5.32 Å². The highest BCUT2D eigenvalue weighted by Gasteiger charge is 1.96. The molecule has 2 heteroatoms. The fraction of sp³-hybridized carbons (Fsp3) is 0.375. The van der Waals surface area contributed by atoms with Crippen molar-refractivity contribution >= 4 is 22.7 Å². The fourth-order valence-electron chi connectivity index (χ4n) is 2.01. The molecule has 1 aromatic heterocycles. The second-order valence-electron chi connectivity index (χ2n) is 4.64. The zero-order valence-corrected chi connectivity index (χ0v) is 11.8. The van der Waals surface area contributed by atoms with Crippen LogP contribution in [0.25, 0.3) is 0 Å². The molecular formula is C16H21NS. The molecule has 96 valence electrons. The second kappa shape index (κ2) is 7.22. The number of unbranched alkanes of at least 4 members (excludes halogenated alkanes) is 3. The molecule has 0 aliphatic rings. The zero-order valence-electron chi connectivity index (χ0n) is 11.0. The lowest BCUT2D eigenvalue weighted by atomic mass is 10.1. The van der Waals surface area contributed by atoms with Crippen LogP contribution in [-0.2, 0) is 6.42 Å². The second-order valence-corrected chi connectivity index (χ2v) is 5.42. The van der Waals surface area contributed by atoms with Crippen LogP contribution in [0.5, 0.6) is 0 Å². The molecule has 2 rings (SSSR count).